The quantitative estimate of drug-likeness (QED) is 0.857. The third kappa shape index (κ3) is 3.07. The highest BCUT2D eigenvalue weighted by atomic mass is 19.1. The van der Waals surface area contributed by atoms with Crippen LogP contribution in [-0.2, 0) is 13.0 Å². The van der Waals surface area contributed by atoms with Crippen LogP contribution in [0.5, 0.6) is 0 Å². The number of nitrogens with zero attached hydrogens (tertiary/aromatic N) is 1. The lowest BCUT2D eigenvalue weighted by Gasteiger charge is -2.19. The van der Waals surface area contributed by atoms with Crippen molar-refractivity contribution in [3.05, 3.63) is 65.0 Å². The summed E-state index contributed by atoms with van der Waals surface area (Å²) in [6.07, 6.45) is 1.05. The number of anilines is 1. The van der Waals surface area contributed by atoms with Gasteiger partial charge in [-0.1, -0.05) is 30.0 Å². The van der Waals surface area contributed by atoms with E-state index >= 15 is 0 Å². The van der Waals surface area contributed by atoms with Gasteiger partial charge in [0.15, 0.2) is 0 Å². The second-order valence-corrected chi connectivity index (χ2v) is 5.15. The van der Waals surface area contributed by atoms with Crippen molar-refractivity contribution in [1.82, 2.24) is 0 Å². The van der Waals surface area contributed by atoms with Gasteiger partial charge < -0.3 is 10.6 Å². The van der Waals surface area contributed by atoms with Crippen molar-refractivity contribution >= 4 is 5.69 Å². The first-order valence-electron chi connectivity index (χ1n) is 7.07. The molecule has 1 aliphatic rings. The molecule has 0 amide bonds. The highest BCUT2D eigenvalue weighted by Crippen LogP contribution is 2.29. The molecule has 0 aromatic heterocycles. The number of halogens is 1. The SMILES string of the molecule is NCC#Cc1cc(F)cc(CN2CCc3ccccc32)c1. The van der Waals surface area contributed by atoms with Gasteiger partial charge in [0.05, 0.1) is 6.54 Å². The van der Waals surface area contributed by atoms with Gasteiger partial charge in [0.1, 0.15) is 5.82 Å². The van der Waals surface area contributed by atoms with Crippen LogP contribution in [0.4, 0.5) is 10.1 Å². The molecule has 2 N–H and O–H groups in total. The zero-order valence-corrected chi connectivity index (χ0v) is 11.8. The largest absolute Gasteiger partial charge is 0.367 e. The van der Waals surface area contributed by atoms with Crippen LogP contribution in [0.1, 0.15) is 16.7 Å². The summed E-state index contributed by atoms with van der Waals surface area (Å²) in [5.74, 6) is 5.41. The molecule has 106 valence electrons. The standard InChI is InChI=1S/C18H17FN2/c19-17-11-14(4-3-8-20)10-15(12-17)13-21-9-7-16-5-1-2-6-18(16)21/h1-2,5-6,10-12H,7-9,13,20H2. The van der Waals surface area contributed by atoms with E-state index in [1.165, 1.54) is 17.3 Å². The number of hydrogen-bond donors (Lipinski definition) is 1. The molecule has 3 heteroatoms. The summed E-state index contributed by atoms with van der Waals surface area (Å²) in [6.45, 7) is 1.96. The Morgan fingerprint density at radius 3 is 2.90 bits per heavy atom. The van der Waals surface area contributed by atoms with Gasteiger partial charge in [-0.05, 0) is 41.8 Å². The lowest BCUT2D eigenvalue weighted by Crippen LogP contribution is -2.19. The molecule has 0 bridgehead atoms. The zero-order chi connectivity index (χ0) is 14.7. The van der Waals surface area contributed by atoms with Crippen LogP contribution in [-0.4, -0.2) is 13.1 Å². The highest BCUT2D eigenvalue weighted by Gasteiger charge is 2.18. The number of para-hydroxylation sites is 1. The van der Waals surface area contributed by atoms with Crippen LogP contribution >= 0.6 is 0 Å². The first-order valence-corrected chi connectivity index (χ1v) is 7.07. The van der Waals surface area contributed by atoms with Crippen LogP contribution in [0.25, 0.3) is 0 Å². The Kier molecular flexibility index (Phi) is 3.89. The molecule has 2 aromatic carbocycles. The lowest BCUT2D eigenvalue weighted by atomic mass is 10.1. The molecule has 0 radical (unpaired) electrons. The second-order valence-electron chi connectivity index (χ2n) is 5.15. The molecule has 0 spiro atoms. The first-order chi connectivity index (χ1) is 10.3. The fraction of sp³-hybridized carbons (Fsp3) is 0.222. The monoisotopic (exact) mass is 280 g/mol. The van der Waals surface area contributed by atoms with Crippen molar-refractivity contribution in [1.29, 1.82) is 0 Å². The average molecular weight is 280 g/mol. The first kappa shape index (κ1) is 13.7. The minimum absolute atomic E-state index is 0.249. The summed E-state index contributed by atoms with van der Waals surface area (Å²) in [5.41, 5.74) is 9.59. The Bertz CT molecular complexity index is 713. The summed E-state index contributed by atoms with van der Waals surface area (Å²) >= 11 is 0. The minimum Gasteiger partial charge on any atom is -0.367 e. The van der Waals surface area contributed by atoms with Crippen molar-refractivity contribution in [3.63, 3.8) is 0 Å². The average Bonchev–Trinajstić information content (AvgIpc) is 2.88. The van der Waals surface area contributed by atoms with Crippen LogP contribution in [0, 0.1) is 17.7 Å². The summed E-state index contributed by atoms with van der Waals surface area (Å²) in [4.78, 5) is 2.28. The molecule has 3 rings (SSSR count). The van der Waals surface area contributed by atoms with E-state index in [2.05, 4.69) is 34.9 Å². The minimum atomic E-state index is -0.249. The van der Waals surface area contributed by atoms with E-state index in [1.807, 2.05) is 12.1 Å². The molecule has 0 unspecified atom stereocenters. The zero-order valence-electron chi connectivity index (χ0n) is 11.8. The summed E-state index contributed by atoms with van der Waals surface area (Å²) in [6, 6.07) is 13.3. The third-order valence-electron chi connectivity index (χ3n) is 3.65. The Morgan fingerprint density at radius 2 is 2.05 bits per heavy atom. The topological polar surface area (TPSA) is 29.3 Å². The summed E-state index contributed by atoms with van der Waals surface area (Å²) in [5, 5.41) is 0. The van der Waals surface area contributed by atoms with E-state index in [1.54, 1.807) is 6.07 Å². The molecular weight excluding hydrogens is 263 g/mol. The number of nitrogens with two attached hydrogens (primary N) is 1. The van der Waals surface area contributed by atoms with Gasteiger partial charge in [0.2, 0.25) is 0 Å². The van der Waals surface area contributed by atoms with E-state index in [-0.39, 0.29) is 12.4 Å². The maximum absolute atomic E-state index is 13.7. The van der Waals surface area contributed by atoms with Gasteiger partial charge in [0, 0.05) is 24.3 Å². The van der Waals surface area contributed by atoms with Crippen LogP contribution < -0.4 is 10.6 Å². The fourth-order valence-electron chi connectivity index (χ4n) is 2.76. The second kappa shape index (κ2) is 5.99. The maximum atomic E-state index is 13.7. The van der Waals surface area contributed by atoms with Crippen LogP contribution in [0.3, 0.4) is 0 Å². The number of fused-ring (bicyclic) bond motifs is 1. The summed E-state index contributed by atoms with van der Waals surface area (Å²) < 4.78 is 13.7. The number of rotatable bonds is 2. The molecule has 1 aliphatic heterocycles. The highest BCUT2D eigenvalue weighted by molar-refractivity contribution is 5.58. The lowest BCUT2D eigenvalue weighted by molar-refractivity contribution is 0.624. The fourth-order valence-corrected chi connectivity index (χ4v) is 2.76. The molecule has 2 nitrogen and oxygen atoms in total. The molecule has 0 atom stereocenters. The van der Waals surface area contributed by atoms with Gasteiger partial charge in [-0.25, -0.2) is 4.39 Å². The Hall–Kier alpha value is -2.31. The van der Waals surface area contributed by atoms with Crippen LogP contribution in [0.15, 0.2) is 42.5 Å². The van der Waals surface area contributed by atoms with E-state index < -0.39 is 0 Å². The van der Waals surface area contributed by atoms with Crippen LogP contribution in [0.2, 0.25) is 0 Å². The Labute approximate surface area is 124 Å². The van der Waals surface area contributed by atoms with Crippen molar-refractivity contribution < 1.29 is 4.39 Å². The van der Waals surface area contributed by atoms with Gasteiger partial charge in [-0.2, -0.15) is 0 Å². The predicted molar refractivity (Wildman–Crippen MR) is 83.5 cm³/mol. The molecule has 2 aromatic rings. The van der Waals surface area contributed by atoms with Gasteiger partial charge in [-0.15, -0.1) is 0 Å². The normalized spacial score (nSPS) is 12.8. The molecule has 21 heavy (non-hydrogen) atoms. The van der Waals surface area contributed by atoms with E-state index in [0.717, 1.165) is 18.5 Å². The van der Waals surface area contributed by atoms with E-state index in [9.17, 15) is 4.39 Å². The van der Waals surface area contributed by atoms with E-state index in [0.29, 0.717) is 12.1 Å². The molecule has 0 saturated heterocycles. The van der Waals surface area contributed by atoms with Crippen molar-refractivity contribution in [2.75, 3.05) is 18.0 Å². The molecule has 1 heterocycles. The van der Waals surface area contributed by atoms with Crippen molar-refractivity contribution in [2.24, 2.45) is 5.73 Å². The Morgan fingerprint density at radius 1 is 1.19 bits per heavy atom. The number of hydrogen-bond acceptors (Lipinski definition) is 2. The predicted octanol–water partition coefficient (Wildman–Crippen LogP) is 2.70. The number of benzene rings is 2. The molecule has 0 saturated carbocycles. The molecule has 0 aliphatic carbocycles. The molecular formula is C18H17FN2. The Balaban J connectivity index is 1.84. The van der Waals surface area contributed by atoms with E-state index in [4.69, 9.17) is 5.73 Å². The van der Waals surface area contributed by atoms with Crippen molar-refractivity contribution in [2.45, 2.75) is 13.0 Å². The molecule has 0 fully saturated rings. The van der Waals surface area contributed by atoms with Gasteiger partial charge >= 0.3 is 0 Å². The maximum Gasteiger partial charge on any atom is 0.124 e. The summed E-state index contributed by atoms with van der Waals surface area (Å²) in [7, 11) is 0. The van der Waals surface area contributed by atoms with Gasteiger partial charge in [0.25, 0.3) is 0 Å². The van der Waals surface area contributed by atoms with Gasteiger partial charge in [-0.3, -0.25) is 0 Å². The third-order valence-corrected chi connectivity index (χ3v) is 3.65. The van der Waals surface area contributed by atoms with Crippen molar-refractivity contribution in [3.8, 4) is 11.8 Å². The smallest absolute Gasteiger partial charge is 0.124 e.